The monoisotopic (exact) mass is 631 g/mol. The Labute approximate surface area is 270 Å². The van der Waals surface area contributed by atoms with Gasteiger partial charge >= 0.3 is 12.2 Å². The number of piperazine rings is 1. The molecule has 0 spiro atoms. The second kappa shape index (κ2) is 15.8. The number of carbonyl (C=O) groups excluding carboxylic acids is 2. The maximum absolute atomic E-state index is 14.5. The first-order valence-corrected chi connectivity index (χ1v) is 16.3. The lowest BCUT2D eigenvalue weighted by atomic mass is 9.88. The van der Waals surface area contributed by atoms with Crippen molar-refractivity contribution in [3.05, 3.63) is 78.2 Å². The van der Waals surface area contributed by atoms with Gasteiger partial charge in [-0.15, -0.1) is 0 Å². The molecule has 1 N–H and O–H groups in total. The van der Waals surface area contributed by atoms with Gasteiger partial charge in [0.1, 0.15) is 0 Å². The minimum Gasteiger partial charge on any atom is -0.465 e. The Morgan fingerprint density at radius 2 is 1.72 bits per heavy atom. The van der Waals surface area contributed by atoms with Crippen LogP contribution in [0.25, 0.3) is 11.3 Å². The number of imidazole rings is 1. The molecule has 246 valence electrons. The van der Waals surface area contributed by atoms with Gasteiger partial charge in [0, 0.05) is 45.5 Å². The molecule has 3 amide bonds. The minimum absolute atomic E-state index is 0.117. The Hall–Kier alpha value is -4.38. The van der Waals surface area contributed by atoms with Gasteiger partial charge in [-0.05, 0) is 38.2 Å². The number of hydrogen-bond donors (Lipinski definition) is 1. The van der Waals surface area contributed by atoms with Crippen molar-refractivity contribution in [2.24, 2.45) is 0 Å². The normalized spacial score (nSPS) is 19.9. The summed E-state index contributed by atoms with van der Waals surface area (Å²) in [7, 11) is 1.65. The molecule has 11 nitrogen and oxygen atoms in total. The van der Waals surface area contributed by atoms with E-state index in [2.05, 4.69) is 4.57 Å². The van der Waals surface area contributed by atoms with Crippen LogP contribution in [0.2, 0.25) is 0 Å². The van der Waals surface area contributed by atoms with Gasteiger partial charge in [0.2, 0.25) is 0 Å². The lowest BCUT2D eigenvalue weighted by Crippen LogP contribution is -2.57. The molecule has 2 aromatic carbocycles. The molecule has 5 rings (SSSR count). The largest absolute Gasteiger partial charge is 0.465 e. The van der Waals surface area contributed by atoms with Crippen molar-refractivity contribution in [3.63, 3.8) is 0 Å². The molecule has 11 heteroatoms. The molecule has 1 saturated heterocycles. The predicted octanol–water partition coefficient (Wildman–Crippen LogP) is 5.58. The van der Waals surface area contributed by atoms with Gasteiger partial charge in [-0.3, -0.25) is 4.79 Å². The molecule has 0 unspecified atom stereocenters. The number of ether oxygens (including phenoxy) is 2. The van der Waals surface area contributed by atoms with Gasteiger partial charge in [-0.1, -0.05) is 73.5 Å². The highest BCUT2D eigenvalue weighted by Crippen LogP contribution is 2.38. The Kier molecular flexibility index (Phi) is 11.3. The van der Waals surface area contributed by atoms with Crippen molar-refractivity contribution in [2.45, 2.75) is 63.6 Å². The van der Waals surface area contributed by atoms with Crippen LogP contribution in [0.5, 0.6) is 0 Å². The third-order valence-electron chi connectivity index (χ3n) is 9.07. The first-order chi connectivity index (χ1) is 22.4. The van der Waals surface area contributed by atoms with E-state index in [1.807, 2.05) is 72.5 Å². The molecule has 2 fully saturated rings. The van der Waals surface area contributed by atoms with Crippen molar-refractivity contribution >= 4 is 18.1 Å². The number of aromatic nitrogens is 2. The summed E-state index contributed by atoms with van der Waals surface area (Å²) in [5.74, 6) is -0.224. The van der Waals surface area contributed by atoms with Crippen LogP contribution in [-0.4, -0.2) is 106 Å². The number of carbonyl (C=O) groups is 3. The van der Waals surface area contributed by atoms with Crippen LogP contribution in [-0.2, 0) is 15.9 Å². The Bertz CT molecular complexity index is 1450. The summed E-state index contributed by atoms with van der Waals surface area (Å²) in [6.45, 7) is 3.86. The van der Waals surface area contributed by atoms with Crippen molar-refractivity contribution in [1.29, 1.82) is 0 Å². The number of rotatable bonds is 11. The first-order valence-electron chi connectivity index (χ1n) is 16.3. The fourth-order valence-electron chi connectivity index (χ4n) is 6.90. The number of hydrogen-bond acceptors (Lipinski definition) is 6. The average Bonchev–Trinajstić information content (AvgIpc) is 3.52. The fourth-order valence-corrected chi connectivity index (χ4v) is 6.90. The number of amides is 3. The lowest BCUT2D eigenvalue weighted by Gasteiger charge is -2.41. The molecule has 2 aliphatic rings. The quantitative estimate of drug-likeness (QED) is 0.275. The van der Waals surface area contributed by atoms with E-state index < -0.39 is 6.09 Å². The highest BCUT2D eigenvalue weighted by Gasteiger charge is 2.39. The van der Waals surface area contributed by atoms with Crippen molar-refractivity contribution in [3.8, 4) is 11.3 Å². The molecule has 46 heavy (non-hydrogen) atoms. The van der Waals surface area contributed by atoms with Crippen molar-refractivity contribution < 1.29 is 29.0 Å². The summed E-state index contributed by atoms with van der Waals surface area (Å²) in [5.41, 5.74) is 2.93. The molecule has 1 saturated carbocycles. The van der Waals surface area contributed by atoms with E-state index in [0.717, 1.165) is 36.8 Å². The van der Waals surface area contributed by atoms with E-state index >= 15 is 0 Å². The van der Waals surface area contributed by atoms with E-state index in [9.17, 15) is 19.5 Å². The van der Waals surface area contributed by atoms with Crippen molar-refractivity contribution in [2.75, 3.05) is 46.5 Å². The smallest absolute Gasteiger partial charge is 0.410 e. The van der Waals surface area contributed by atoms with E-state index in [1.165, 1.54) is 4.90 Å². The van der Waals surface area contributed by atoms with Gasteiger partial charge in [0.25, 0.3) is 5.91 Å². The van der Waals surface area contributed by atoms with E-state index in [1.54, 1.807) is 18.3 Å². The fraction of sp³-hybridized carbons (Fsp3) is 0.486. The Balaban J connectivity index is 1.53. The summed E-state index contributed by atoms with van der Waals surface area (Å²) < 4.78 is 12.9. The number of methoxy groups -OCH3 is 1. The maximum Gasteiger partial charge on any atom is 0.410 e. The van der Waals surface area contributed by atoms with E-state index in [4.69, 9.17) is 14.5 Å². The molecule has 1 aromatic heterocycles. The highest BCUT2D eigenvalue weighted by atomic mass is 16.6. The number of benzene rings is 2. The second-order valence-corrected chi connectivity index (χ2v) is 11.9. The average molecular weight is 632 g/mol. The van der Waals surface area contributed by atoms with Gasteiger partial charge in [0.05, 0.1) is 36.8 Å². The summed E-state index contributed by atoms with van der Waals surface area (Å²) in [5, 5.41) is 9.78. The van der Waals surface area contributed by atoms with Crippen LogP contribution in [0.15, 0.2) is 67.0 Å². The van der Waals surface area contributed by atoms with Crippen LogP contribution in [0.1, 0.15) is 61.1 Å². The number of carboxylic acid groups (broad SMARTS) is 1. The molecule has 1 aliphatic carbocycles. The van der Waals surface area contributed by atoms with Crippen LogP contribution >= 0.6 is 0 Å². The molecule has 2 heterocycles. The van der Waals surface area contributed by atoms with Gasteiger partial charge in [-0.25, -0.2) is 14.6 Å². The molecule has 1 aliphatic heterocycles. The second-order valence-electron chi connectivity index (χ2n) is 11.9. The van der Waals surface area contributed by atoms with E-state index in [-0.39, 0.29) is 56.4 Å². The van der Waals surface area contributed by atoms with Crippen LogP contribution in [0.3, 0.4) is 0 Å². The molecule has 0 radical (unpaired) electrons. The van der Waals surface area contributed by atoms with Crippen LogP contribution < -0.4 is 0 Å². The zero-order valence-electron chi connectivity index (χ0n) is 26.8. The highest BCUT2D eigenvalue weighted by molar-refractivity contribution is 5.98. The zero-order valence-corrected chi connectivity index (χ0v) is 26.8. The Morgan fingerprint density at radius 1 is 1.00 bits per heavy atom. The minimum atomic E-state index is -0.987. The number of nitrogens with zero attached hydrogens (tertiary/aromatic N) is 5. The Morgan fingerprint density at radius 3 is 2.41 bits per heavy atom. The maximum atomic E-state index is 14.5. The van der Waals surface area contributed by atoms with Crippen LogP contribution in [0, 0.1) is 0 Å². The first kappa shape index (κ1) is 33.0. The summed E-state index contributed by atoms with van der Waals surface area (Å²) in [6.07, 6.45) is 5.23. The summed E-state index contributed by atoms with van der Waals surface area (Å²) in [4.78, 5) is 49.5. The van der Waals surface area contributed by atoms with Gasteiger partial charge in [0.15, 0.2) is 5.69 Å². The molecule has 0 bridgehead atoms. The SMILES string of the molecule is CCOC(=O)N(CCCOC)[C@H]1CCCC[C@@H]1n1cnc(C(=O)N2CCN(C(=O)O)C[C@H]2Cc2ccccc2)c1-c1ccccc1. The lowest BCUT2D eigenvalue weighted by molar-refractivity contribution is 0.0446. The van der Waals surface area contributed by atoms with Gasteiger partial charge in [-0.2, -0.15) is 0 Å². The van der Waals surface area contributed by atoms with Gasteiger partial charge < -0.3 is 33.8 Å². The van der Waals surface area contributed by atoms with E-state index in [0.29, 0.717) is 37.4 Å². The molecule has 3 aromatic rings. The van der Waals surface area contributed by atoms with Crippen molar-refractivity contribution in [1.82, 2.24) is 24.3 Å². The topological polar surface area (TPSA) is 117 Å². The predicted molar refractivity (Wildman–Crippen MR) is 174 cm³/mol. The van der Waals surface area contributed by atoms with Crippen LogP contribution in [0.4, 0.5) is 9.59 Å². The third kappa shape index (κ3) is 7.52. The molecule has 3 atom stereocenters. The standard InChI is InChI=1S/C35H45N5O6/c1-3-46-35(44)39(19-12-22-45-2)29-17-10-11-18-30(29)40-25-36-31(32(40)27-15-8-5-9-16-27)33(41)38-21-20-37(34(42)43)24-28(38)23-26-13-6-4-7-14-26/h4-9,13-16,25,28-30H,3,10-12,17-24H2,1-2H3,(H,42,43)/t28-,29+,30+/m1/s1. The third-order valence-corrected chi connectivity index (χ3v) is 9.07. The summed E-state index contributed by atoms with van der Waals surface area (Å²) in [6, 6.07) is 19.0. The summed E-state index contributed by atoms with van der Waals surface area (Å²) >= 11 is 0. The zero-order chi connectivity index (χ0) is 32.5. The molecular formula is C35H45N5O6. The molecular weight excluding hydrogens is 586 g/mol.